The smallest absolute Gasteiger partial charge is 0.243 e. The molecule has 1 amide bonds. The molecule has 0 unspecified atom stereocenters. The highest BCUT2D eigenvalue weighted by atomic mass is 19.1. The summed E-state index contributed by atoms with van der Waals surface area (Å²) < 4.78 is 26.7. The Balaban J connectivity index is 2.40. The molecule has 2 rings (SSSR count). The first-order chi connectivity index (χ1) is 9.21. The fraction of sp³-hybridized carbons (Fsp3) is 0.500. The van der Waals surface area contributed by atoms with Gasteiger partial charge in [-0.15, -0.1) is 0 Å². The van der Waals surface area contributed by atoms with Crippen LogP contribution in [0.5, 0.6) is 0 Å². The van der Waals surface area contributed by atoms with Crippen LogP contribution in [-0.2, 0) is 10.3 Å². The van der Waals surface area contributed by atoms with Crippen molar-refractivity contribution in [2.45, 2.75) is 24.9 Å². The molecule has 0 aromatic heterocycles. The van der Waals surface area contributed by atoms with Crippen LogP contribution in [0.15, 0.2) is 18.2 Å². The second kappa shape index (κ2) is 4.79. The maximum Gasteiger partial charge on any atom is 0.243 e. The molecule has 1 fully saturated rings. The Hall–Kier alpha value is -1.53. The van der Waals surface area contributed by atoms with Crippen LogP contribution in [-0.4, -0.2) is 41.7 Å². The third-order valence-electron chi connectivity index (χ3n) is 4.08. The monoisotopic (exact) mass is 284 g/mol. The van der Waals surface area contributed by atoms with E-state index in [9.17, 15) is 18.7 Å². The van der Waals surface area contributed by atoms with Gasteiger partial charge in [0.1, 0.15) is 17.2 Å². The molecule has 1 aliphatic heterocycles. The van der Waals surface area contributed by atoms with Crippen molar-refractivity contribution in [2.24, 2.45) is 0 Å². The number of carbonyl (C=O) groups is 1. The number of aliphatic hydroxyl groups excluding tert-OH is 1. The van der Waals surface area contributed by atoms with E-state index in [0.717, 1.165) is 6.07 Å². The van der Waals surface area contributed by atoms with Gasteiger partial charge >= 0.3 is 0 Å². The molecule has 2 N–H and O–H groups in total. The largest absolute Gasteiger partial charge is 0.394 e. The van der Waals surface area contributed by atoms with E-state index < -0.39 is 22.7 Å². The van der Waals surface area contributed by atoms with E-state index in [0.29, 0.717) is 12.1 Å². The number of amides is 1. The number of benzene rings is 1. The van der Waals surface area contributed by atoms with Gasteiger partial charge in [-0.2, -0.15) is 0 Å². The lowest BCUT2D eigenvalue weighted by atomic mass is 9.84. The summed E-state index contributed by atoms with van der Waals surface area (Å²) in [6.07, 6.45) is 0. The molecule has 2 atom stereocenters. The highest BCUT2D eigenvalue weighted by Gasteiger charge is 2.48. The minimum atomic E-state index is -1.04. The van der Waals surface area contributed by atoms with Gasteiger partial charge in [-0.05, 0) is 38.6 Å². The molecule has 110 valence electrons. The number of aliphatic hydroxyl groups is 1. The van der Waals surface area contributed by atoms with Gasteiger partial charge in [-0.1, -0.05) is 0 Å². The first kappa shape index (κ1) is 14.9. The molecule has 0 bridgehead atoms. The van der Waals surface area contributed by atoms with E-state index in [-0.39, 0.29) is 12.5 Å². The zero-order chi connectivity index (χ0) is 15.1. The average molecular weight is 284 g/mol. The summed E-state index contributed by atoms with van der Waals surface area (Å²) in [7, 11) is 1.70. The average Bonchev–Trinajstić information content (AvgIpc) is 2.34. The van der Waals surface area contributed by atoms with Gasteiger partial charge in [-0.25, -0.2) is 8.78 Å². The summed E-state index contributed by atoms with van der Waals surface area (Å²) in [6.45, 7) is 3.32. The van der Waals surface area contributed by atoms with E-state index in [1.807, 2.05) is 0 Å². The van der Waals surface area contributed by atoms with Crippen molar-refractivity contribution in [3.63, 3.8) is 0 Å². The van der Waals surface area contributed by atoms with Crippen LogP contribution in [0.25, 0.3) is 0 Å². The van der Waals surface area contributed by atoms with Crippen LogP contribution in [0, 0.1) is 11.6 Å². The van der Waals surface area contributed by atoms with E-state index in [1.165, 1.54) is 12.1 Å². The predicted molar refractivity (Wildman–Crippen MR) is 70.0 cm³/mol. The van der Waals surface area contributed by atoms with Gasteiger partial charge in [0.15, 0.2) is 0 Å². The lowest BCUT2D eigenvalue weighted by molar-refractivity contribution is -0.143. The van der Waals surface area contributed by atoms with Gasteiger partial charge in [-0.3, -0.25) is 9.69 Å². The second-order valence-corrected chi connectivity index (χ2v) is 5.73. The summed E-state index contributed by atoms with van der Waals surface area (Å²) in [5.41, 5.74) is -1.59. The molecular formula is C14H18F2N2O2. The SMILES string of the molecule is CN1C[C@](C)(c2cc(F)cc(F)c2)NC(=O)[C@]1(C)CO. The van der Waals surface area contributed by atoms with Crippen LogP contribution in [0.2, 0.25) is 0 Å². The topological polar surface area (TPSA) is 52.6 Å². The van der Waals surface area contributed by atoms with Crippen molar-refractivity contribution in [2.75, 3.05) is 20.2 Å². The fourth-order valence-corrected chi connectivity index (χ4v) is 2.48. The minimum absolute atomic E-state index is 0.330. The lowest BCUT2D eigenvalue weighted by Crippen LogP contribution is -2.70. The lowest BCUT2D eigenvalue weighted by Gasteiger charge is -2.48. The summed E-state index contributed by atoms with van der Waals surface area (Å²) >= 11 is 0. The van der Waals surface area contributed by atoms with Crippen molar-refractivity contribution in [3.05, 3.63) is 35.4 Å². The zero-order valence-corrected chi connectivity index (χ0v) is 11.7. The number of nitrogens with one attached hydrogen (secondary N) is 1. The Morgan fingerprint density at radius 2 is 1.85 bits per heavy atom. The molecule has 6 heteroatoms. The Kier molecular flexibility index (Phi) is 3.56. The third kappa shape index (κ3) is 2.29. The molecule has 20 heavy (non-hydrogen) atoms. The van der Waals surface area contributed by atoms with E-state index >= 15 is 0 Å². The van der Waals surface area contributed by atoms with E-state index in [2.05, 4.69) is 5.32 Å². The Morgan fingerprint density at radius 1 is 1.30 bits per heavy atom. The molecule has 0 spiro atoms. The number of hydrogen-bond acceptors (Lipinski definition) is 3. The molecule has 1 heterocycles. The predicted octanol–water partition coefficient (Wildman–Crippen LogP) is 0.993. The summed E-state index contributed by atoms with van der Waals surface area (Å²) in [5.74, 6) is -1.75. The van der Waals surface area contributed by atoms with Crippen LogP contribution < -0.4 is 5.32 Å². The normalized spacial score (nSPS) is 31.2. The standard InChI is InChI=1S/C14H18F2N2O2/c1-13(9-4-10(15)6-11(16)5-9)7-18(3)14(2,8-19)12(20)17-13/h4-6,19H,7-8H2,1-3H3,(H,17,20)/t13-,14+/m1/s1. The number of hydrogen-bond donors (Lipinski definition) is 2. The molecule has 1 aromatic rings. The first-order valence-corrected chi connectivity index (χ1v) is 6.32. The summed E-state index contributed by atoms with van der Waals surface area (Å²) in [6, 6.07) is 3.21. The number of halogens is 2. The van der Waals surface area contributed by atoms with Crippen molar-refractivity contribution >= 4 is 5.91 Å². The molecule has 1 aliphatic rings. The highest BCUT2D eigenvalue weighted by molar-refractivity contribution is 5.87. The minimum Gasteiger partial charge on any atom is -0.394 e. The molecular weight excluding hydrogens is 266 g/mol. The quantitative estimate of drug-likeness (QED) is 0.851. The fourth-order valence-electron chi connectivity index (χ4n) is 2.48. The van der Waals surface area contributed by atoms with Crippen LogP contribution in [0.1, 0.15) is 19.4 Å². The maximum absolute atomic E-state index is 13.4. The van der Waals surface area contributed by atoms with Crippen LogP contribution in [0.3, 0.4) is 0 Å². The molecule has 1 aromatic carbocycles. The molecule has 0 aliphatic carbocycles. The molecule has 1 saturated heterocycles. The van der Waals surface area contributed by atoms with E-state index in [1.54, 1.807) is 25.8 Å². The van der Waals surface area contributed by atoms with Crippen LogP contribution in [0.4, 0.5) is 8.78 Å². The maximum atomic E-state index is 13.4. The van der Waals surface area contributed by atoms with E-state index in [4.69, 9.17) is 0 Å². The molecule has 0 radical (unpaired) electrons. The number of rotatable bonds is 2. The summed E-state index contributed by atoms with van der Waals surface area (Å²) in [5, 5.41) is 12.2. The van der Waals surface area contributed by atoms with Gasteiger partial charge < -0.3 is 10.4 Å². The number of likely N-dealkylation sites (N-methyl/N-ethyl adjacent to an activating group) is 1. The van der Waals surface area contributed by atoms with Gasteiger partial charge in [0.05, 0.1) is 12.1 Å². The Bertz CT molecular complexity index is 532. The first-order valence-electron chi connectivity index (χ1n) is 6.32. The van der Waals surface area contributed by atoms with Crippen molar-refractivity contribution in [1.82, 2.24) is 10.2 Å². The van der Waals surface area contributed by atoms with Gasteiger partial charge in [0.2, 0.25) is 5.91 Å². The number of nitrogens with zero attached hydrogens (tertiary/aromatic N) is 1. The summed E-state index contributed by atoms with van der Waals surface area (Å²) in [4.78, 5) is 13.9. The molecule has 0 saturated carbocycles. The Labute approximate surface area is 116 Å². The highest BCUT2D eigenvalue weighted by Crippen LogP contribution is 2.31. The number of carbonyl (C=O) groups excluding carboxylic acids is 1. The van der Waals surface area contributed by atoms with Crippen molar-refractivity contribution in [3.8, 4) is 0 Å². The number of piperazine rings is 1. The van der Waals surface area contributed by atoms with Crippen LogP contribution >= 0.6 is 0 Å². The van der Waals surface area contributed by atoms with Gasteiger partial charge in [0, 0.05) is 12.6 Å². The molecule has 4 nitrogen and oxygen atoms in total. The van der Waals surface area contributed by atoms with Crippen molar-refractivity contribution < 1.29 is 18.7 Å². The Morgan fingerprint density at radius 3 is 2.30 bits per heavy atom. The van der Waals surface area contributed by atoms with Gasteiger partial charge in [0.25, 0.3) is 0 Å². The zero-order valence-electron chi connectivity index (χ0n) is 11.7. The second-order valence-electron chi connectivity index (χ2n) is 5.73. The third-order valence-corrected chi connectivity index (χ3v) is 4.08. The van der Waals surface area contributed by atoms with Crippen molar-refractivity contribution in [1.29, 1.82) is 0 Å².